The molecular weight excluding hydrogens is 403 g/mol. The number of halogens is 2. The summed E-state index contributed by atoms with van der Waals surface area (Å²) < 4.78 is 19.2. The van der Waals surface area contributed by atoms with Gasteiger partial charge >= 0.3 is 0 Å². The van der Waals surface area contributed by atoms with Gasteiger partial charge in [-0.05, 0) is 48.1 Å². The lowest BCUT2D eigenvalue weighted by Crippen LogP contribution is -2.49. The van der Waals surface area contributed by atoms with Gasteiger partial charge in [0.25, 0.3) is 0 Å². The Hall–Kier alpha value is -1.95. The maximum absolute atomic E-state index is 13.8. The summed E-state index contributed by atoms with van der Waals surface area (Å²) >= 11 is 6.40. The van der Waals surface area contributed by atoms with Gasteiger partial charge in [0.1, 0.15) is 5.82 Å². The lowest BCUT2D eigenvalue weighted by Gasteiger charge is -2.40. The zero-order chi connectivity index (χ0) is 21.1. The van der Waals surface area contributed by atoms with Crippen molar-refractivity contribution < 1.29 is 13.9 Å². The van der Waals surface area contributed by atoms with Crippen molar-refractivity contribution in [3.05, 3.63) is 70.0 Å². The molecule has 30 heavy (non-hydrogen) atoms. The normalized spacial score (nSPS) is 22.8. The molecule has 2 aliphatic rings. The first-order valence-electron chi connectivity index (χ1n) is 10.6. The summed E-state index contributed by atoms with van der Waals surface area (Å²) in [7, 11) is 0. The van der Waals surface area contributed by atoms with Crippen LogP contribution >= 0.6 is 11.6 Å². The van der Waals surface area contributed by atoms with Crippen molar-refractivity contribution in [1.29, 1.82) is 0 Å². The first-order chi connectivity index (χ1) is 14.5. The predicted molar refractivity (Wildman–Crippen MR) is 116 cm³/mol. The van der Waals surface area contributed by atoms with Gasteiger partial charge in [-0.15, -0.1) is 0 Å². The Bertz CT molecular complexity index is 901. The Morgan fingerprint density at radius 2 is 1.93 bits per heavy atom. The summed E-state index contributed by atoms with van der Waals surface area (Å²) in [6, 6.07) is 13.2. The Balaban J connectivity index is 1.57. The van der Waals surface area contributed by atoms with Crippen molar-refractivity contribution in [2.75, 3.05) is 39.4 Å². The van der Waals surface area contributed by atoms with Crippen molar-refractivity contribution in [3.8, 4) is 0 Å². The predicted octanol–water partition coefficient (Wildman–Crippen LogP) is 4.25. The van der Waals surface area contributed by atoms with E-state index in [9.17, 15) is 9.18 Å². The molecule has 2 unspecified atom stereocenters. The molecular formula is C24H28ClFN2O2. The molecule has 2 aliphatic heterocycles. The second-order valence-corrected chi connectivity index (χ2v) is 8.77. The number of aryl methyl sites for hydroxylation is 1. The van der Waals surface area contributed by atoms with Gasteiger partial charge in [-0.3, -0.25) is 9.69 Å². The molecule has 6 heteroatoms. The van der Waals surface area contributed by atoms with Crippen LogP contribution in [-0.4, -0.2) is 55.1 Å². The number of hydrogen-bond donors (Lipinski definition) is 0. The summed E-state index contributed by atoms with van der Waals surface area (Å²) in [5, 5.41) is 0.744. The third-order valence-corrected chi connectivity index (χ3v) is 6.57. The topological polar surface area (TPSA) is 32.8 Å². The molecule has 0 spiro atoms. The number of hydrogen-bond acceptors (Lipinski definition) is 3. The van der Waals surface area contributed by atoms with E-state index in [0.717, 1.165) is 29.1 Å². The average molecular weight is 431 g/mol. The summed E-state index contributed by atoms with van der Waals surface area (Å²) in [5.74, 6) is 0.0969. The summed E-state index contributed by atoms with van der Waals surface area (Å²) in [4.78, 5) is 17.5. The maximum Gasteiger partial charge on any atom is 0.227 e. The Morgan fingerprint density at radius 3 is 2.67 bits per heavy atom. The van der Waals surface area contributed by atoms with E-state index in [-0.39, 0.29) is 23.6 Å². The van der Waals surface area contributed by atoms with Crippen LogP contribution in [0.1, 0.15) is 29.0 Å². The molecule has 2 heterocycles. The van der Waals surface area contributed by atoms with Crippen LogP contribution in [0, 0.1) is 18.7 Å². The molecule has 160 valence electrons. The van der Waals surface area contributed by atoms with Crippen molar-refractivity contribution in [1.82, 2.24) is 9.80 Å². The number of likely N-dealkylation sites (tertiary alicyclic amines) is 1. The maximum atomic E-state index is 13.8. The van der Waals surface area contributed by atoms with Gasteiger partial charge in [-0.25, -0.2) is 4.39 Å². The van der Waals surface area contributed by atoms with E-state index >= 15 is 0 Å². The highest BCUT2D eigenvalue weighted by Crippen LogP contribution is 2.33. The number of ether oxygens (including phenoxy) is 1. The monoisotopic (exact) mass is 430 g/mol. The van der Waals surface area contributed by atoms with Gasteiger partial charge in [0.05, 0.1) is 19.1 Å². The minimum Gasteiger partial charge on any atom is -0.378 e. The molecule has 4 rings (SSSR count). The van der Waals surface area contributed by atoms with Gasteiger partial charge in [0.2, 0.25) is 5.91 Å². The molecule has 2 atom stereocenters. The minimum absolute atomic E-state index is 0.0882. The third-order valence-electron chi connectivity index (χ3n) is 6.20. The number of rotatable bonds is 4. The van der Waals surface area contributed by atoms with Gasteiger partial charge in [-0.2, -0.15) is 0 Å². The highest BCUT2D eigenvalue weighted by atomic mass is 35.5. The number of nitrogens with zero attached hydrogens (tertiary/aromatic N) is 2. The first-order valence-corrected chi connectivity index (χ1v) is 11.0. The van der Waals surface area contributed by atoms with Gasteiger partial charge < -0.3 is 9.64 Å². The number of amides is 1. The van der Waals surface area contributed by atoms with E-state index in [2.05, 4.69) is 4.90 Å². The summed E-state index contributed by atoms with van der Waals surface area (Å²) in [6.07, 6.45) is 0.778. The molecule has 1 amide bonds. The van der Waals surface area contributed by atoms with E-state index in [1.54, 1.807) is 6.92 Å². The van der Waals surface area contributed by atoms with Crippen molar-refractivity contribution in [2.45, 2.75) is 25.8 Å². The molecule has 2 aromatic carbocycles. The molecule has 0 saturated carbocycles. The molecule has 0 aromatic heterocycles. The molecule has 2 aromatic rings. The number of morpholine rings is 1. The van der Waals surface area contributed by atoms with Crippen LogP contribution in [0.2, 0.25) is 5.02 Å². The fourth-order valence-electron chi connectivity index (χ4n) is 4.57. The molecule has 2 fully saturated rings. The first kappa shape index (κ1) is 21.3. The number of piperidine rings is 1. The quantitative estimate of drug-likeness (QED) is 0.726. The van der Waals surface area contributed by atoms with E-state index in [1.807, 2.05) is 41.3 Å². The second-order valence-electron chi connectivity index (χ2n) is 8.36. The second kappa shape index (κ2) is 9.46. The number of carbonyl (C=O) groups excluding carboxylic acids is 1. The van der Waals surface area contributed by atoms with Crippen LogP contribution in [0.15, 0.2) is 42.5 Å². The standard InChI is InChI=1S/C24H28ClFN2O2/c1-17-12-18(6-7-23(17)26)20-13-21(24(29)28-8-10-30-11-9-28)16-27(15-20)14-19-4-2-3-5-22(19)25/h2-7,12,20-21H,8-11,13-16H2,1H3. The van der Waals surface area contributed by atoms with Crippen LogP contribution in [0.3, 0.4) is 0 Å². The number of carbonyl (C=O) groups is 1. The van der Waals surface area contributed by atoms with Gasteiger partial charge in [-0.1, -0.05) is 41.9 Å². The molecule has 2 saturated heterocycles. The van der Waals surface area contributed by atoms with E-state index < -0.39 is 0 Å². The third kappa shape index (κ3) is 4.85. The SMILES string of the molecule is Cc1cc(C2CC(C(=O)N3CCOCC3)CN(Cc3ccccc3Cl)C2)ccc1F. The highest BCUT2D eigenvalue weighted by molar-refractivity contribution is 6.31. The zero-order valence-corrected chi connectivity index (χ0v) is 18.1. The van der Waals surface area contributed by atoms with Crippen molar-refractivity contribution in [3.63, 3.8) is 0 Å². The smallest absolute Gasteiger partial charge is 0.227 e. The van der Waals surface area contributed by atoms with Gasteiger partial charge in [0.15, 0.2) is 0 Å². The van der Waals surface area contributed by atoms with Crippen LogP contribution in [0.25, 0.3) is 0 Å². The van der Waals surface area contributed by atoms with E-state index in [0.29, 0.717) is 45.0 Å². The molecule has 0 radical (unpaired) electrons. The molecule has 4 nitrogen and oxygen atoms in total. The van der Waals surface area contributed by atoms with Crippen LogP contribution in [0.5, 0.6) is 0 Å². The Labute approximate surface area is 182 Å². The van der Waals surface area contributed by atoms with Crippen LogP contribution in [-0.2, 0) is 16.1 Å². The minimum atomic E-state index is -0.191. The van der Waals surface area contributed by atoms with Gasteiger partial charge in [0, 0.05) is 37.7 Å². The molecule has 0 aliphatic carbocycles. The number of benzene rings is 2. The zero-order valence-electron chi connectivity index (χ0n) is 17.3. The molecule has 0 bridgehead atoms. The Morgan fingerprint density at radius 1 is 1.17 bits per heavy atom. The fourth-order valence-corrected chi connectivity index (χ4v) is 4.77. The van der Waals surface area contributed by atoms with Crippen LogP contribution in [0.4, 0.5) is 4.39 Å². The average Bonchev–Trinajstić information content (AvgIpc) is 2.77. The van der Waals surface area contributed by atoms with Crippen molar-refractivity contribution >= 4 is 17.5 Å². The van der Waals surface area contributed by atoms with E-state index in [1.165, 1.54) is 6.07 Å². The largest absolute Gasteiger partial charge is 0.378 e. The lowest BCUT2D eigenvalue weighted by molar-refractivity contribution is -0.141. The lowest BCUT2D eigenvalue weighted by atomic mass is 9.83. The highest BCUT2D eigenvalue weighted by Gasteiger charge is 2.35. The van der Waals surface area contributed by atoms with Crippen LogP contribution < -0.4 is 0 Å². The summed E-state index contributed by atoms with van der Waals surface area (Å²) in [6.45, 7) is 6.52. The summed E-state index contributed by atoms with van der Waals surface area (Å²) in [5.41, 5.74) is 2.80. The fraction of sp³-hybridized carbons (Fsp3) is 0.458. The van der Waals surface area contributed by atoms with E-state index in [4.69, 9.17) is 16.3 Å². The molecule has 0 N–H and O–H groups in total. The van der Waals surface area contributed by atoms with Crippen molar-refractivity contribution in [2.24, 2.45) is 5.92 Å². The Kier molecular flexibility index (Phi) is 6.71.